The lowest BCUT2D eigenvalue weighted by Crippen LogP contribution is -2.43. The van der Waals surface area contributed by atoms with E-state index in [-0.39, 0.29) is 17.9 Å². The highest BCUT2D eigenvalue weighted by Crippen LogP contribution is 2.27. The van der Waals surface area contributed by atoms with Gasteiger partial charge in [-0.1, -0.05) is 18.2 Å². The second-order valence-corrected chi connectivity index (χ2v) is 4.91. The molecule has 3 N–H and O–H groups in total. The van der Waals surface area contributed by atoms with Crippen molar-refractivity contribution in [2.45, 2.75) is 31.5 Å². The molecule has 0 bridgehead atoms. The maximum absolute atomic E-state index is 11.2. The molecule has 1 aliphatic rings. The van der Waals surface area contributed by atoms with Crippen LogP contribution in [0.4, 0.5) is 0 Å². The van der Waals surface area contributed by atoms with Gasteiger partial charge in [0.2, 0.25) is 5.76 Å². The summed E-state index contributed by atoms with van der Waals surface area (Å²) < 4.78 is 5.38. The van der Waals surface area contributed by atoms with Gasteiger partial charge in [-0.25, -0.2) is 4.79 Å². The first-order valence-electron chi connectivity index (χ1n) is 6.30. The number of benzene rings is 1. The third kappa shape index (κ3) is 2.22. The summed E-state index contributed by atoms with van der Waals surface area (Å²) in [6, 6.07) is 7.55. The van der Waals surface area contributed by atoms with Crippen LogP contribution in [0, 0.1) is 0 Å². The molecule has 5 nitrogen and oxygen atoms in total. The van der Waals surface area contributed by atoms with E-state index in [1.54, 1.807) is 6.07 Å². The summed E-state index contributed by atoms with van der Waals surface area (Å²) in [5.41, 5.74) is 1.26. The Balaban J connectivity index is 1.87. The van der Waals surface area contributed by atoms with E-state index < -0.39 is 5.97 Å². The second kappa shape index (κ2) is 4.68. The van der Waals surface area contributed by atoms with Crippen LogP contribution in [0.15, 0.2) is 28.7 Å². The molecule has 1 aliphatic carbocycles. The summed E-state index contributed by atoms with van der Waals surface area (Å²) in [4.78, 5) is 11.2. The molecule has 1 aromatic carbocycles. The molecule has 1 saturated carbocycles. The van der Waals surface area contributed by atoms with Crippen LogP contribution >= 0.6 is 0 Å². The van der Waals surface area contributed by atoms with Gasteiger partial charge in [0.05, 0.1) is 6.10 Å². The van der Waals surface area contributed by atoms with Gasteiger partial charge in [-0.3, -0.25) is 0 Å². The molecule has 1 fully saturated rings. The average Bonchev–Trinajstić information content (AvgIpc) is 2.72. The number of carbonyl (C=O) groups is 1. The summed E-state index contributed by atoms with van der Waals surface area (Å²) in [5, 5.41) is 22.5. The fourth-order valence-corrected chi connectivity index (χ4v) is 2.45. The van der Waals surface area contributed by atoms with Crippen LogP contribution in [-0.4, -0.2) is 28.3 Å². The summed E-state index contributed by atoms with van der Waals surface area (Å²) in [6.45, 7) is 0.441. The fourth-order valence-electron chi connectivity index (χ4n) is 2.45. The first kappa shape index (κ1) is 12.2. The lowest BCUT2D eigenvalue weighted by atomic mass is 9.89. The van der Waals surface area contributed by atoms with E-state index in [9.17, 15) is 15.0 Å². The third-order valence-corrected chi connectivity index (χ3v) is 3.57. The number of hydrogen-bond donors (Lipinski definition) is 3. The summed E-state index contributed by atoms with van der Waals surface area (Å²) in [7, 11) is 0. The molecule has 19 heavy (non-hydrogen) atoms. The van der Waals surface area contributed by atoms with Crippen LogP contribution in [0.25, 0.3) is 11.0 Å². The number of para-hydroxylation sites is 1. The first-order chi connectivity index (χ1) is 9.15. The third-order valence-electron chi connectivity index (χ3n) is 3.57. The SMILES string of the molecule is O=C(O)c1oc2ccccc2c1CNC1CC(O)C1. The molecule has 0 radical (unpaired) electrons. The molecule has 2 aromatic rings. The van der Waals surface area contributed by atoms with E-state index in [0.29, 0.717) is 17.7 Å². The van der Waals surface area contributed by atoms with Gasteiger partial charge in [-0.05, 0) is 18.9 Å². The molecular weight excluding hydrogens is 246 g/mol. The minimum atomic E-state index is -1.05. The van der Waals surface area contributed by atoms with Crippen LogP contribution < -0.4 is 5.32 Å². The zero-order valence-electron chi connectivity index (χ0n) is 10.3. The number of fused-ring (bicyclic) bond motifs is 1. The van der Waals surface area contributed by atoms with Crippen molar-refractivity contribution in [3.8, 4) is 0 Å². The standard InChI is InChI=1S/C14H15NO4/c16-9-5-8(6-9)15-7-11-10-3-1-2-4-12(10)19-13(11)14(17)18/h1-4,8-9,15-16H,5-7H2,(H,17,18). The van der Waals surface area contributed by atoms with E-state index in [4.69, 9.17) is 4.42 Å². The quantitative estimate of drug-likeness (QED) is 0.781. The molecule has 0 amide bonds. The van der Waals surface area contributed by atoms with Crippen molar-refractivity contribution in [1.29, 1.82) is 0 Å². The topological polar surface area (TPSA) is 82.7 Å². The summed E-state index contributed by atoms with van der Waals surface area (Å²) in [6.07, 6.45) is 1.22. The van der Waals surface area contributed by atoms with Crippen molar-refractivity contribution in [3.05, 3.63) is 35.6 Å². The van der Waals surface area contributed by atoms with Crippen molar-refractivity contribution in [1.82, 2.24) is 5.32 Å². The summed E-state index contributed by atoms with van der Waals surface area (Å²) in [5.74, 6) is -1.06. The van der Waals surface area contributed by atoms with Gasteiger partial charge >= 0.3 is 5.97 Å². The van der Waals surface area contributed by atoms with Gasteiger partial charge in [-0.2, -0.15) is 0 Å². The van der Waals surface area contributed by atoms with Crippen molar-refractivity contribution < 1.29 is 19.4 Å². The maximum atomic E-state index is 11.2. The molecule has 0 atom stereocenters. The van der Waals surface area contributed by atoms with Gasteiger partial charge < -0.3 is 19.9 Å². The Morgan fingerprint density at radius 1 is 1.37 bits per heavy atom. The predicted octanol–water partition coefficient (Wildman–Crippen LogP) is 1.74. The van der Waals surface area contributed by atoms with Crippen molar-refractivity contribution in [3.63, 3.8) is 0 Å². The van der Waals surface area contributed by atoms with Crippen LogP contribution in [0.5, 0.6) is 0 Å². The number of rotatable bonds is 4. The number of hydrogen-bond acceptors (Lipinski definition) is 4. The van der Waals surface area contributed by atoms with Gasteiger partial charge in [0.1, 0.15) is 5.58 Å². The highest BCUT2D eigenvalue weighted by Gasteiger charge is 2.28. The van der Waals surface area contributed by atoms with E-state index in [0.717, 1.165) is 18.2 Å². The Bertz CT molecular complexity index is 613. The molecule has 0 unspecified atom stereocenters. The minimum absolute atomic E-state index is 0.00595. The van der Waals surface area contributed by atoms with E-state index in [2.05, 4.69) is 5.32 Å². The molecule has 5 heteroatoms. The largest absolute Gasteiger partial charge is 0.475 e. The second-order valence-electron chi connectivity index (χ2n) is 4.91. The molecule has 0 spiro atoms. The van der Waals surface area contributed by atoms with Crippen LogP contribution in [0.2, 0.25) is 0 Å². The smallest absolute Gasteiger partial charge is 0.372 e. The van der Waals surface area contributed by atoms with Gasteiger partial charge in [0, 0.05) is 23.5 Å². The minimum Gasteiger partial charge on any atom is -0.475 e. The molecule has 3 rings (SSSR count). The lowest BCUT2D eigenvalue weighted by molar-refractivity contribution is 0.0608. The molecular formula is C14H15NO4. The summed E-state index contributed by atoms with van der Waals surface area (Å²) >= 11 is 0. The Morgan fingerprint density at radius 2 is 2.11 bits per heavy atom. The maximum Gasteiger partial charge on any atom is 0.372 e. The van der Waals surface area contributed by atoms with Crippen LogP contribution in [-0.2, 0) is 6.54 Å². The number of aliphatic hydroxyl groups is 1. The van der Waals surface area contributed by atoms with Crippen LogP contribution in [0.1, 0.15) is 29.0 Å². The number of aromatic carboxylic acids is 1. The van der Waals surface area contributed by atoms with Crippen molar-refractivity contribution in [2.75, 3.05) is 0 Å². The number of furan rings is 1. The van der Waals surface area contributed by atoms with E-state index in [1.807, 2.05) is 18.2 Å². The zero-order valence-corrected chi connectivity index (χ0v) is 10.3. The molecule has 0 aliphatic heterocycles. The zero-order chi connectivity index (χ0) is 13.4. The van der Waals surface area contributed by atoms with Gasteiger partial charge in [-0.15, -0.1) is 0 Å². The highest BCUT2D eigenvalue weighted by atomic mass is 16.4. The average molecular weight is 261 g/mol. The van der Waals surface area contributed by atoms with Gasteiger partial charge in [0.25, 0.3) is 0 Å². The number of nitrogens with one attached hydrogen (secondary N) is 1. The first-order valence-corrected chi connectivity index (χ1v) is 6.30. The van der Waals surface area contributed by atoms with Crippen molar-refractivity contribution in [2.24, 2.45) is 0 Å². The fraction of sp³-hybridized carbons (Fsp3) is 0.357. The van der Waals surface area contributed by atoms with Crippen molar-refractivity contribution >= 4 is 16.9 Å². The van der Waals surface area contributed by atoms with E-state index >= 15 is 0 Å². The number of aliphatic hydroxyl groups excluding tert-OH is 1. The Labute approximate surface area is 109 Å². The number of carboxylic acids is 1. The van der Waals surface area contributed by atoms with Gasteiger partial charge in [0.15, 0.2) is 0 Å². The Morgan fingerprint density at radius 3 is 2.79 bits per heavy atom. The lowest BCUT2D eigenvalue weighted by Gasteiger charge is -2.32. The van der Waals surface area contributed by atoms with E-state index in [1.165, 1.54) is 0 Å². The molecule has 1 heterocycles. The predicted molar refractivity (Wildman–Crippen MR) is 69.0 cm³/mol. The normalized spacial score (nSPS) is 22.4. The molecule has 100 valence electrons. The highest BCUT2D eigenvalue weighted by molar-refractivity contribution is 5.95. The monoisotopic (exact) mass is 261 g/mol. The molecule has 1 aromatic heterocycles. The number of carboxylic acid groups (broad SMARTS) is 1. The Kier molecular flexibility index (Phi) is 3.00. The molecule has 0 saturated heterocycles. The Hall–Kier alpha value is -1.85. The van der Waals surface area contributed by atoms with Crippen LogP contribution in [0.3, 0.4) is 0 Å².